The van der Waals surface area contributed by atoms with E-state index in [1.165, 1.54) is 23.8 Å². The molecule has 0 radical (unpaired) electrons. The summed E-state index contributed by atoms with van der Waals surface area (Å²) in [6.45, 7) is 2.18. The average molecular weight is 365 g/mol. The highest BCUT2D eigenvalue weighted by Crippen LogP contribution is 2.31. The van der Waals surface area contributed by atoms with Gasteiger partial charge < -0.3 is 14.8 Å². The Morgan fingerprint density at radius 3 is 2.78 bits per heavy atom. The number of fused-ring (bicyclic) bond motifs is 4. The molecule has 1 amide bonds. The van der Waals surface area contributed by atoms with Gasteiger partial charge in [-0.2, -0.15) is 0 Å². The zero-order valence-corrected chi connectivity index (χ0v) is 14.6. The number of carbonyl (C=O) groups is 2. The van der Waals surface area contributed by atoms with E-state index < -0.39 is 11.9 Å². The van der Waals surface area contributed by atoms with E-state index in [0.29, 0.717) is 28.9 Å². The first kappa shape index (κ1) is 16.8. The highest BCUT2D eigenvalue weighted by molar-refractivity contribution is 6.13. The van der Waals surface area contributed by atoms with Gasteiger partial charge in [0.25, 0.3) is 5.56 Å². The lowest BCUT2D eigenvalue weighted by molar-refractivity contribution is 0.103. The number of rotatable bonds is 3. The number of methoxy groups -OCH3 is 1. The number of nitrogens with one attached hydrogen (secondary N) is 1. The van der Waals surface area contributed by atoms with Crippen molar-refractivity contribution in [2.24, 2.45) is 0 Å². The average Bonchev–Trinajstić information content (AvgIpc) is 2.94. The number of hydrogen-bond donors (Lipinski definition) is 1. The number of ketones is 1. The van der Waals surface area contributed by atoms with E-state index >= 15 is 0 Å². The molecule has 8 heteroatoms. The lowest BCUT2D eigenvalue weighted by atomic mass is 10.1. The minimum Gasteiger partial charge on any atom is -0.494 e. The zero-order valence-electron chi connectivity index (χ0n) is 14.6. The quantitative estimate of drug-likeness (QED) is 0.596. The molecule has 0 aliphatic carbocycles. The summed E-state index contributed by atoms with van der Waals surface area (Å²) in [4.78, 5) is 41.8. The van der Waals surface area contributed by atoms with Crippen LogP contribution in [0.25, 0.3) is 16.6 Å². The van der Waals surface area contributed by atoms with Crippen LogP contribution < -0.4 is 20.3 Å². The molecule has 27 heavy (non-hydrogen) atoms. The van der Waals surface area contributed by atoms with E-state index in [0.717, 1.165) is 0 Å². The van der Waals surface area contributed by atoms with Crippen LogP contribution in [0.15, 0.2) is 41.2 Å². The summed E-state index contributed by atoms with van der Waals surface area (Å²) in [7, 11) is 1.48. The summed E-state index contributed by atoms with van der Waals surface area (Å²) in [5, 5.41) is 2.85. The molecule has 8 nitrogen and oxygen atoms in total. The van der Waals surface area contributed by atoms with Gasteiger partial charge in [0.1, 0.15) is 17.0 Å². The summed E-state index contributed by atoms with van der Waals surface area (Å²) >= 11 is 0. The van der Waals surface area contributed by atoms with E-state index in [-0.39, 0.29) is 22.7 Å². The molecule has 2 heterocycles. The van der Waals surface area contributed by atoms with Crippen LogP contribution in [0.3, 0.4) is 0 Å². The number of carbonyl (C=O) groups excluding carboxylic acids is 2. The van der Waals surface area contributed by atoms with Gasteiger partial charge in [0.05, 0.1) is 23.7 Å². The first-order valence-electron chi connectivity index (χ1n) is 8.29. The standard InChI is InChI=1S/C19H15N3O5/c1-3-20-19(25)27-10-7-8-13-12(9-10)16(23)17-21-15-11(18(24)22(13)17)5-4-6-14(15)26-2/h4-9H,3H2,1-2H3,(H,20,25). The predicted octanol–water partition coefficient (Wildman–Crippen LogP) is 2.05. The molecule has 0 spiro atoms. The van der Waals surface area contributed by atoms with Crippen molar-refractivity contribution >= 4 is 22.8 Å². The lowest BCUT2D eigenvalue weighted by Gasteiger charge is -2.08. The fourth-order valence-electron chi connectivity index (χ4n) is 3.09. The molecule has 0 bridgehead atoms. The molecule has 2 aromatic carbocycles. The fourth-order valence-corrected chi connectivity index (χ4v) is 3.09. The first-order valence-corrected chi connectivity index (χ1v) is 8.29. The van der Waals surface area contributed by atoms with E-state index in [2.05, 4.69) is 10.3 Å². The van der Waals surface area contributed by atoms with E-state index in [4.69, 9.17) is 9.47 Å². The normalized spacial score (nSPS) is 11.9. The second kappa shape index (κ2) is 6.24. The van der Waals surface area contributed by atoms with Crippen LogP contribution in [0.4, 0.5) is 4.79 Å². The summed E-state index contributed by atoms with van der Waals surface area (Å²) in [5.74, 6) is 0.200. The van der Waals surface area contributed by atoms with Crippen molar-refractivity contribution in [2.45, 2.75) is 6.92 Å². The van der Waals surface area contributed by atoms with Crippen molar-refractivity contribution < 1.29 is 19.1 Å². The highest BCUT2D eigenvalue weighted by Gasteiger charge is 2.31. The van der Waals surface area contributed by atoms with Crippen molar-refractivity contribution in [1.82, 2.24) is 14.9 Å². The third kappa shape index (κ3) is 2.53. The number of aromatic nitrogens is 2. The molecule has 3 aromatic rings. The maximum absolute atomic E-state index is 13.0. The lowest BCUT2D eigenvalue weighted by Crippen LogP contribution is -2.26. The Morgan fingerprint density at radius 2 is 2.04 bits per heavy atom. The molecule has 1 N–H and O–H groups in total. The molecule has 1 aliphatic heterocycles. The van der Waals surface area contributed by atoms with Crippen LogP contribution in [0.1, 0.15) is 23.1 Å². The van der Waals surface area contributed by atoms with Gasteiger partial charge >= 0.3 is 6.09 Å². The van der Waals surface area contributed by atoms with Crippen molar-refractivity contribution in [2.75, 3.05) is 13.7 Å². The number of amides is 1. The van der Waals surface area contributed by atoms with Crippen LogP contribution in [0.5, 0.6) is 11.5 Å². The Labute approximate surface area is 153 Å². The van der Waals surface area contributed by atoms with E-state index in [1.54, 1.807) is 31.2 Å². The molecular formula is C19H15N3O5. The highest BCUT2D eigenvalue weighted by atomic mass is 16.6. The third-order valence-electron chi connectivity index (χ3n) is 4.27. The summed E-state index contributed by atoms with van der Waals surface area (Å²) in [5.41, 5.74) is 0.616. The van der Waals surface area contributed by atoms with Gasteiger partial charge in [0, 0.05) is 6.54 Å². The van der Waals surface area contributed by atoms with Gasteiger partial charge in [0.2, 0.25) is 5.78 Å². The van der Waals surface area contributed by atoms with Crippen molar-refractivity contribution in [3.05, 3.63) is 58.1 Å². The Morgan fingerprint density at radius 1 is 1.22 bits per heavy atom. The van der Waals surface area contributed by atoms with E-state index in [9.17, 15) is 14.4 Å². The van der Waals surface area contributed by atoms with Crippen molar-refractivity contribution in [1.29, 1.82) is 0 Å². The maximum Gasteiger partial charge on any atom is 0.412 e. The molecular weight excluding hydrogens is 350 g/mol. The molecule has 0 saturated heterocycles. The molecule has 0 saturated carbocycles. The molecule has 0 unspecified atom stereocenters. The Balaban J connectivity index is 1.87. The predicted molar refractivity (Wildman–Crippen MR) is 97.0 cm³/mol. The van der Waals surface area contributed by atoms with Crippen LogP contribution >= 0.6 is 0 Å². The minimum absolute atomic E-state index is 0.00200. The van der Waals surface area contributed by atoms with Crippen LogP contribution in [-0.4, -0.2) is 35.1 Å². The van der Waals surface area contributed by atoms with Gasteiger partial charge in [-0.25, -0.2) is 9.78 Å². The van der Waals surface area contributed by atoms with Gasteiger partial charge in [-0.15, -0.1) is 0 Å². The van der Waals surface area contributed by atoms with Crippen molar-refractivity contribution in [3.63, 3.8) is 0 Å². The monoisotopic (exact) mass is 365 g/mol. The fraction of sp³-hybridized carbons (Fsp3) is 0.158. The zero-order chi connectivity index (χ0) is 19.1. The number of ether oxygens (including phenoxy) is 2. The second-order valence-electron chi connectivity index (χ2n) is 5.86. The van der Waals surface area contributed by atoms with Crippen LogP contribution in [0.2, 0.25) is 0 Å². The first-order chi connectivity index (χ1) is 13.0. The van der Waals surface area contributed by atoms with E-state index in [1.807, 2.05) is 0 Å². The Bertz CT molecular complexity index is 1170. The van der Waals surface area contributed by atoms with Crippen molar-refractivity contribution in [3.8, 4) is 17.2 Å². The number of hydrogen-bond acceptors (Lipinski definition) is 6. The smallest absolute Gasteiger partial charge is 0.412 e. The SMILES string of the molecule is CCNC(=O)Oc1ccc2c(c1)C(=O)c1nc3c(OC)cccc3c(=O)n1-2. The number of nitrogens with zero attached hydrogens (tertiary/aromatic N) is 2. The molecule has 4 rings (SSSR count). The van der Waals surface area contributed by atoms with Gasteiger partial charge in [-0.1, -0.05) is 6.07 Å². The number of para-hydroxylation sites is 1. The van der Waals surface area contributed by atoms with Crippen LogP contribution in [0, 0.1) is 0 Å². The van der Waals surface area contributed by atoms with Gasteiger partial charge in [-0.05, 0) is 37.3 Å². The second-order valence-corrected chi connectivity index (χ2v) is 5.86. The maximum atomic E-state index is 13.0. The summed E-state index contributed by atoms with van der Waals surface area (Å²) in [6.07, 6.45) is -0.619. The number of benzene rings is 2. The summed E-state index contributed by atoms with van der Waals surface area (Å²) in [6, 6.07) is 9.53. The Kier molecular flexibility index (Phi) is 3.88. The molecule has 0 fully saturated rings. The molecule has 0 atom stereocenters. The largest absolute Gasteiger partial charge is 0.494 e. The topological polar surface area (TPSA) is 99.5 Å². The molecule has 1 aromatic heterocycles. The molecule has 1 aliphatic rings. The van der Waals surface area contributed by atoms with Gasteiger partial charge in [0.15, 0.2) is 5.82 Å². The molecule has 136 valence electrons. The van der Waals surface area contributed by atoms with Crippen LogP contribution in [-0.2, 0) is 0 Å². The third-order valence-corrected chi connectivity index (χ3v) is 4.27. The minimum atomic E-state index is -0.619. The van der Waals surface area contributed by atoms with Gasteiger partial charge in [-0.3, -0.25) is 14.2 Å². The summed E-state index contributed by atoms with van der Waals surface area (Å²) < 4.78 is 11.7. The Hall–Kier alpha value is -3.68.